The summed E-state index contributed by atoms with van der Waals surface area (Å²) in [5.74, 6) is 1.43. The Kier molecular flexibility index (Phi) is 5.67. The Balaban J connectivity index is 1.54. The molecule has 1 fully saturated rings. The molecule has 1 amide bonds. The minimum Gasteiger partial charge on any atom is -0.497 e. The highest BCUT2D eigenvalue weighted by molar-refractivity contribution is 5.95. The molecule has 1 N–H and O–H groups in total. The van der Waals surface area contributed by atoms with Crippen LogP contribution in [-0.4, -0.2) is 59.3 Å². The molecule has 1 atom stereocenters. The second kappa shape index (κ2) is 8.54. The van der Waals surface area contributed by atoms with Crippen molar-refractivity contribution in [1.82, 2.24) is 15.0 Å². The van der Waals surface area contributed by atoms with Crippen molar-refractivity contribution < 1.29 is 19.2 Å². The van der Waals surface area contributed by atoms with Crippen LogP contribution < -0.4 is 9.64 Å². The van der Waals surface area contributed by atoms with Crippen LogP contribution >= 0.6 is 0 Å². The van der Waals surface area contributed by atoms with Gasteiger partial charge in [-0.1, -0.05) is 11.2 Å². The Morgan fingerprint density at radius 3 is 2.47 bits per heavy atom. The number of benzene rings is 1. The average molecular weight is 408 g/mol. The topological polar surface area (TPSA) is 91.9 Å². The zero-order chi connectivity index (χ0) is 21.1. The molecule has 0 spiro atoms. The fourth-order valence-corrected chi connectivity index (χ4v) is 3.62. The highest BCUT2D eigenvalue weighted by atomic mass is 16.5. The number of ether oxygens (including phenoxy) is 1. The number of carbonyl (C=O) groups excluding carboxylic acids is 1. The number of rotatable bonds is 5. The van der Waals surface area contributed by atoms with Crippen molar-refractivity contribution in [2.45, 2.75) is 13.0 Å². The SMILES string of the molecule is COc1ccc(-c2noc(C(=O)N3CCN(c4ccccn4)CC3)c2[C@H](C)O)cc1. The first-order chi connectivity index (χ1) is 14.6. The van der Waals surface area contributed by atoms with Gasteiger partial charge in [0.1, 0.15) is 17.3 Å². The van der Waals surface area contributed by atoms with E-state index < -0.39 is 6.10 Å². The maximum absolute atomic E-state index is 13.1. The van der Waals surface area contributed by atoms with Crippen LogP contribution in [0.3, 0.4) is 0 Å². The molecule has 2 aromatic heterocycles. The smallest absolute Gasteiger partial charge is 0.293 e. The van der Waals surface area contributed by atoms with Crippen molar-refractivity contribution in [1.29, 1.82) is 0 Å². The van der Waals surface area contributed by atoms with Gasteiger partial charge in [0.15, 0.2) is 0 Å². The number of carbonyl (C=O) groups is 1. The minimum atomic E-state index is -0.901. The molecule has 8 nitrogen and oxygen atoms in total. The number of nitrogens with zero attached hydrogens (tertiary/aromatic N) is 4. The molecule has 3 aromatic rings. The van der Waals surface area contributed by atoms with E-state index in [9.17, 15) is 9.90 Å². The molecule has 1 saturated heterocycles. The lowest BCUT2D eigenvalue weighted by Crippen LogP contribution is -2.49. The largest absolute Gasteiger partial charge is 0.497 e. The monoisotopic (exact) mass is 408 g/mol. The van der Waals surface area contributed by atoms with Gasteiger partial charge in [-0.25, -0.2) is 4.98 Å². The number of anilines is 1. The van der Waals surface area contributed by atoms with E-state index in [0.29, 0.717) is 43.2 Å². The van der Waals surface area contributed by atoms with Crippen LogP contribution in [0, 0.1) is 0 Å². The van der Waals surface area contributed by atoms with Crippen molar-refractivity contribution >= 4 is 11.7 Å². The fourth-order valence-electron chi connectivity index (χ4n) is 3.62. The molecule has 1 aliphatic rings. The van der Waals surface area contributed by atoms with Gasteiger partial charge >= 0.3 is 0 Å². The molecule has 8 heteroatoms. The number of hydrogen-bond acceptors (Lipinski definition) is 7. The summed E-state index contributed by atoms with van der Waals surface area (Å²) < 4.78 is 10.6. The van der Waals surface area contributed by atoms with E-state index in [4.69, 9.17) is 9.26 Å². The van der Waals surface area contributed by atoms with Gasteiger partial charge in [-0.15, -0.1) is 0 Å². The van der Waals surface area contributed by atoms with Gasteiger partial charge in [-0.2, -0.15) is 0 Å². The lowest BCUT2D eigenvalue weighted by Gasteiger charge is -2.35. The van der Waals surface area contributed by atoms with Crippen molar-refractivity contribution in [2.24, 2.45) is 0 Å². The Bertz CT molecular complexity index is 994. The molecule has 0 radical (unpaired) electrons. The molecule has 1 aromatic carbocycles. The van der Waals surface area contributed by atoms with E-state index in [0.717, 1.165) is 11.4 Å². The Labute approximate surface area is 174 Å². The fraction of sp³-hybridized carbons (Fsp3) is 0.318. The summed E-state index contributed by atoms with van der Waals surface area (Å²) in [6.07, 6.45) is 0.860. The van der Waals surface area contributed by atoms with Gasteiger partial charge in [-0.3, -0.25) is 4.79 Å². The third-order valence-electron chi connectivity index (χ3n) is 5.24. The van der Waals surface area contributed by atoms with Crippen LogP contribution in [-0.2, 0) is 0 Å². The molecule has 0 bridgehead atoms. The summed E-state index contributed by atoms with van der Waals surface area (Å²) in [6.45, 7) is 4.02. The van der Waals surface area contributed by atoms with E-state index >= 15 is 0 Å². The van der Waals surface area contributed by atoms with Crippen molar-refractivity contribution in [3.63, 3.8) is 0 Å². The quantitative estimate of drug-likeness (QED) is 0.694. The first kappa shape index (κ1) is 19.9. The molecular formula is C22H24N4O4. The molecule has 30 heavy (non-hydrogen) atoms. The second-order valence-electron chi connectivity index (χ2n) is 7.15. The lowest BCUT2D eigenvalue weighted by molar-refractivity contribution is 0.0696. The summed E-state index contributed by atoms with van der Waals surface area (Å²) in [7, 11) is 1.59. The Morgan fingerprint density at radius 1 is 1.13 bits per heavy atom. The average Bonchev–Trinajstić information content (AvgIpc) is 3.25. The van der Waals surface area contributed by atoms with Gasteiger partial charge in [0.25, 0.3) is 5.91 Å². The maximum Gasteiger partial charge on any atom is 0.293 e. The highest BCUT2D eigenvalue weighted by Crippen LogP contribution is 2.32. The number of aliphatic hydroxyl groups excluding tert-OH is 1. The van der Waals surface area contributed by atoms with Crippen molar-refractivity contribution in [3.8, 4) is 17.0 Å². The molecule has 4 rings (SSSR count). The van der Waals surface area contributed by atoms with Crippen LogP contribution in [0.2, 0.25) is 0 Å². The van der Waals surface area contributed by atoms with Crippen LogP contribution in [0.5, 0.6) is 5.75 Å². The van der Waals surface area contributed by atoms with Gasteiger partial charge in [-0.05, 0) is 43.3 Å². The van der Waals surface area contributed by atoms with E-state index in [1.165, 1.54) is 0 Å². The number of methoxy groups -OCH3 is 1. The third-order valence-corrected chi connectivity index (χ3v) is 5.24. The molecule has 0 aliphatic carbocycles. The Morgan fingerprint density at radius 2 is 1.87 bits per heavy atom. The predicted molar refractivity (Wildman–Crippen MR) is 111 cm³/mol. The molecule has 0 unspecified atom stereocenters. The van der Waals surface area contributed by atoms with E-state index in [1.807, 2.05) is 30.3 Å². The predicted octanol–water partition coefficient (Wildman–Crippen LogP) is 2.76. The molecule has 156 valence electrons. The number of amides is 1. The van der Waals surface area contributed by atoms with Crippen LogP contribution in [0.1, 0.15) is 29.1 Å². The highest BCUT2D eigenvalue weighted by Gasteiger charge is 2.31. The normalized spacial score (nSPS) is 15.2. The zero-order valence-corrected chi connectivity index (χ0v) is 17.0. The van der Waals surface area contributed by atoms with Gasteiger partial charge in [0.2, 0.25) is 5.76 Å². The maximum atomic E-state index is 13.1. The summed E-state index contributed by atoms with van der Waals surface area (Å²) in [5, 5.41) is 14.5. The van der Waals surface area contributed by atoms with E-state index in [-0.39, 0.29) is 11.7 Å². The van der Waals surface area contributed by atoms with Crippen LogP contribution in [0.4, 0.5) is 5.82 Å². The Hall–Kier alpha value is -3.39. The lowest BCUT2D eigenvalue weighted by atomic mass is 10.0. The molecular weight excluding hydrogens is 384 g/mol. The number of piperazine rings is 1. The number of aromatic nitrogens is 2. The van der Waals surface area contributed by atoms with E-state index in [2.05, 4.69) is 15.0 Å². The minimum absolute atomic E-state index is 0.0853. The third kappa shape index (κ3) is 3.86. The van der Waals surface area contributed by atoms with Gasteiger partial charge in [0, 0.05) is 37.9 Å². The molecule has 1 aliphatic heterocycles. The summed E-state index contributed by atoms with van der Waals surface area (Å²) in [6, 6.07) is 13.0. The number of pyridine rings is 1. The zero-order valence-electron chi connectivity index (χ0n) is 17.0. The first-order valence-electron chi connectivity index (χ1n) is 9.85. The van der Waals surface area contributed by atoms with Crippen molar-refractivity contribution in [3.05, 3.63) is 60.0 Å². The summed E-state index contributed by atoms with van der Waals surface area (Å²) >= 11 is 0. The van der Waals surface area contributed by atoms with Gasteiger partial charge < -0.3 is 24.2 Å². The van der Waals surface area contributed by atoms with Crippen LogP contribution in [0.15, 0.2) is 53.2 Å². The molecule has 0 saturated carbocycles. The van der Waals surface area contributed by atoms with Gasteiger partial charge in [0.05, 0.1) is 18.8 Å². The number of aliphatic hydroxyl groups is 1. The standard InChI is InChI=1S/C22H24N4O4/c1-15(27)19-20(16-6-8-17(29-2)9-7-16)24-30-21(19)22(28)26-13-11-25(12-14-26)18-5-3-4-10-23-18/h3-10,15,27H,11-14H2,1-2H3/t15-/m0/s1. The first-order valence-corrected chi connectivity index (χ1v) is 9.85. The number of hydrogen-bond donors (Lipinski definition) is 1. The second-order valence-corrected chi connectivity index (χ2v) is 7.15. The van der Waals surface area contributed by atoms with Crippen molar-refractivity contribution in [2.75, 3.05) is 38.2 Å². The van der Waals surface area contributed by atoms with Crippen LogP contribution in [0.25, 0.3) is 11.3 Å². The molecule has 3 heterocycles. The summed E-state index contributed by atoms with van der Waals surface area (Å²) in [5.41, 5.74) is 1.61. The van der Waals surface area contributed by atoms with E-state index in [1.54, 1.807) is 37.3 Å². The summed E-state index contributed by atoms with van der Waals surface area (Å²) in [4.78, 5) is 21.4.